The molecule has 1 aliphatic rings. The maximum absolute atomic E-state index is 6.03. The maximum atomic E-state index is 6.03. The topological polar surface area (TPSA) is 38.5 Å². The van der Waals surface area contributed by atoms with E-state index in [1.807, 2.05) is 6.07 Å². The molecule has 1 aromatic carbocycles. The highest BCUT2D eigenvalue weighted by Crippen LogP contribution is 2.28. The Kier molecular flexibility index (Phi) is 3.03. The smallest absolute Gasteiger partial charge is 0.138 e. The summed E-state index contributed by atoms with van der Waals surface area (Å²) < 4.78 is 5.80. The molecule has 1 unspecified atom stereocenters. The van der Waals surface area contributed by atoms with Crippen molar-refractivity contribution >= 4 is 17.3 Å². The molecule has 0 aliphatic carbocycles. The van der Waals surface area contributed by atoms with Gasteiger partial charge in [0.05, 0.1) is 5.02 Å². The average molecular weight is 227 g/mol. The van der Waals surface area contributed by atoms with Gasteiger partial charge in [-0.25, -0.2) is 0 Å². The number of likely N-dealkylation sites (N-methyl/N-ethyl adjacent to an activating group) is 1. The Labute approximate surface area is 94.8 Å². The van der Waals surface area contributed by atoms with Crippen LogP contribution in [0.15, 0.2) is 18.2 Å². The van der Waals surface area contributed by atoms with Crippen molar-refractivity contribution < 1.29 is 4.74 Å². The van der Waals surface area contributed by atoms with Crippen LogP contribution in [0.1, 0.15) is 6.42 Å². The summed E-state index contributed by atoms with van der Waals surface area (Å²) in [5, 5.41) is 0.588. The average Bonchev–Trinajstić information content (AvgIpc) is 2.56. The van der Waals surface area contributed by atoms with Crippen LogP contribution in [-0.2, 0) is 0 Å². The van der Waals surface area contributed by atoms with Crippen LogP contribution in [0.25, 0.3) is 0 Å². The molecule has 0 radical (unpaired) electrons. The summed E-state index contributed by atoms with van der Waals surface area (Å²) in [6.07, 6.45) is 1.30. The maximum Gasteiger partial charge on any atom is 0.138 e. The van der Waals surface area contributed by atoms with Crippen molar-refractivity contribution in [2.75, 3.05) is 25.9 Å². The summed E-state index contributed by atoms with van der Waals surface area (Å²) in [7, 11) is 2.09. The van der Waals surface area contributed by atoms with E-state index in [0.29, 0.717) is 10.7 Å². The van der Waals surface area contributed by atoms with Crippen LogP contribution in [0.2, 0.25) is 5.02 Å². The minimum Gasteiger partial charge on any atom is -0.487 e. The van der Waals surface area contributed by atoms with Crippen molar-refractivity contribution in [2.24, 2.45) is 0 Å². The summed E-state index contributed by atoms with van der Waals surface area (Å²) in [4.78, 5) is 2.25. The second-order valence-electron chi connectivity index (χ2n) is 3.98. The molecule has 2 rings (SSSR count). The third kappa shape index (κ3) is 2.55. The summed E-state index contributed by atoms with van der Waals surface area (Å²) in [6, 6.07) is 5.35. The molecule has 1 aliphatic heterocycles. The molecular weight excluding hydrogens is 212 g/mol. The van der Waals surface area contributed by atoms with Crippen molar-refractivity contribution in [2.45, 2.75) is 12.5 Å². The number of nitrogens with two attached hydrogens (primary N) is 1. The summed E-state index contributed by atoms with van der Waals surface area (Å²) >= 11 is 6.03. The molecule has 82 valence electrons. The largest absolute Gasteiger partial charge is 0.487 e. The Morgan fingerprint density at radius 1 is 1.53 bits per heavy atom. The first-order valence-corrected chi connectivity index (χ1v) is 5.43. The number of halogens is 1. The van der Waals surface area contributed by atoms with Crippen LogP contribution in [0.5, 0.6) is 5.75 Å². The number of likely N-dealkylation sites (tertiary alicyclic amines) is 1. The molecule has 1 heterocycles. The lowest BCUT2D eigenvalue weighted by Gasteiger charge is -2.14. The molecule has 0 bridgehead atoms. The quantitative estimate of drug-likeness (QED) is 0.784. The molecule has 3 nitrogen and oxygen atoms in total. The number of anilines is 1. The lowest BCUT2D eigenvalue weighted by Crippen LogP contribution is -2.21. The number of hydrogen-bond acceptors (Lipinski definition) is 3. The molecule has 0 spiro atoms. The van der Waals surface area contributed by atoms with E-state index >= 15 is 0 Å². The van der Waals surface area contributed by atoms with Crippen LogP contribution < -0.4 is 10.5 Å². The Morgan fingerprint density at radius 2 is 2.33 bits per heavy atom. The van der Waals surface area contributed by atoms with Gasteiger partial charge in [0.2, 0.25) is 0 Å². The lowest BCUT2D eigenvalue weighted by molar-refractivity contribution is 0.208. The van der Waals surface area contributed by atoms with E-state index in [4.69, 9.17) is 22.1 Å². The monoisotopic (exact) mass is 226 g/mol. The minimum atomic E-state index is 0.246. The third-order valence-electron chi connectivity index (χ3n) is 2.60. The number of benzene rings is 1. The van der Waals surface area contributed by atoms with Crippen LogP contribution in [0, 0.1) is 0 Å². The molecule has 1 fully saturated rings. The molecule has 15 heavy (non-hydrogen) atoms. The summed E-state index contributed by atoms with van der Waals surface area (Å²) in [5.74, 6) is 0.728. The molecule has 1 saturated heterocycles. The highest BCUT2D eigenvalue weighted by molar-refractivity contribution is 6.32. The van der Waals surface area contributed by atoms with Gasteiger partial charge in [0.1, 0.15) is 11.9 Å². The van der Waals surface area contributed by atoms with E-state index in [9.17, 15) is 0 Å². The number of nitrogen functional groups attached to an aromatic ring is 1. The number of hydrogen-bond donors (Lipinski definition) is 1. The van der Waals surface area contributed by atoms with Crippen molar-refractivity contribution in [3.8, 4) is 5.75 Å². The normalized spacial score (nSPS) is 21.9. The van der Waals surface area contributed by atoms with E-state index < -0.39 is 0 Å². The fourth-order valence-electron chi connectivity index (χ4n) is 1.78. The predicted molar refractivity (Wildman–Crippen MR) is 62.4 cm³/mol. The Morgan fingerprint density at radius 3 is 2.93 bits per heavy atom. The van der Waals surface area contributed by atoms with E-state index in [1.165, 1.54) is 0 Å². The zero-order chi connectivity index (χ0) is 10.8. The Bertz CT molecular complexity index is 356. The Hall–Kier alpha value is -0.930. The van der Waals surface area contributed by atoms with E-state index in [-0.39, 0.29) is 6.10 Å². The van der Waals surface area contributed by atoms with Crippen molar-refractivity contribution in [1.29, 1.82) is 0 Å². The third-order valence-corrected chi connectivity index (χ3v) is 2.89. The van der Waals surface area contributed by atoms with Gasteiger partial charge in [-0.3, -0.25) is 0 Å². The highest BCUT2D eigenvalue weighted by atomic mass is 35.5. The van der Waals surface area contributed by atoms with Crippen molar-refractivity contribution in [3.05, 3.63) is 23.2 Å². The first-order valence-electron chi connectivity index (χ1n) is 5.05. The first-order chi connectivity index (χ1) is 7.15. The molecular formula is C11H15ClN2O. The van der Waals surface area contributed by atoms with E-state index in [1.54, 1.807) is 12.1 Å². The second-order valence-corrected chi connectivity index (χ2v) is 4.39. The minimum absolute atomic E-state index is 0.246. The molecule has 1 aromatic rings. The van der Waals surface area contributed by atoms with Gasteiger partial charge in [0.25, 0.3) is 0 Å². The standard InChI is InChI=1S/C11H15ClN2O/c1-14-5-4-9(7-14)15-11-3-2-8(13)6-10(11)12/h2-3,6,9H,4-5,7,13H2,1H3. The Balaban J connectivity index is 2.04. The lowest BCUT2D eigenvalue weighted by atomic mass is 10.3. The fourth-order valence-corrected chi connectivity index (χ4v) is 2.02. The summed E-state index contributed by atoms with van der Waals surface area (Å²) in [6.45, 7) is 2.04. The first kappa shape index (κ1) is 10.6. The molecule has 4 heteroatoms. The SMILES string of the molecule is CN1CCC(Oc2ccc(N)cc2Cl)C1. The number of rotatable bonds is 2. The highest BCUT2D eigenvalue weighted by Gasteiger charge is 2.21. The molecule has 0 amide bonds. The van der Waals surface area contributed by atoms with Gasteiger partial charge in [0.15, 0.2) is 0 Å². The zero-order valence-corrected chi connectivity index (χ0v) is 9.50. The summed E-state index contributed by atoms with van der Waals surface area (Å²) in [5.41, 5.74) is 6.27. The van der Waals surface area contributed by atoms with Gasteiger partial charge in [-0.2, -0.15) is 0 Å². The predicted octanol–water partition coefficient (Wildman–Crippen LogP) is 2.01. The number of ether oxygens (including phenoxy) is 1. The molecule has 0 aromatic heterocycles. The van der Waals surface area contributed by atoms with Gasteiger partial charge in [-0.15, -0.1) is 0 Å². The van der Waals surface area contributed by atoms with Gasteiger partial charge in [0, 0.05) is 18.8 Å². The zero-order valence-electron chi connectivity index (χ0n) is 8.74. The second kappa shape index (κ2) is 4.29. The molecule has 0 saturated carbocycles. The van der Waals surface area contributed by atoms with Crippen molar-refractivity contribution in [3.63, 3.8) is 0 Å². The van der Waals surface area contributed by atoms with Gasteiger partial charge in [-0.05, 0) is 31.7 Å². The van der Waals surface area contributed by atoms with Crippen molar-refractivity contribution in [1.82, 2.24) is 4.90 Å². The van der Waals surface area contributed by atoms with Crippen LogP contribution in [-0.4, -0.2) is 31.1 Å². The van der Waals surface area contributed by atoms with Crippen LogP contribution >= 0.6 is 11.6 Å². The number of nitrogens with zero attached hydrogens (tertiary/aromatic N) is 1. The van der Waals surface area contributed by atoms with Crippen LogP contribution in [0.3, 0.4) is 0 Å². The van der Waals surface area contributed by atoms with E-state index in [2.05, 4.69) is 11.9 Å². The van der Waals surface area contributed by atoms with E-state index in [0.717, 1.165) is 25.3 Å². The fraction of sp³-hybridized carbons (Fsp3) is 0.455. The van der Waals surface area contributed by atoms with Gasteiger partial charge >= 0.3 is 0 Å². The van der Waals surface area contributed by atoms with Crippen LogP contribution in [0.4, 0.5) is 5.69 Å². The van der Waals surface area contributed by atoms with Gasteiger partial charge < -0.3 is 15.4 Å². The van der Waals surface area contributed by atoms with Gasteiger partial charge in [-0.1, -0.05) is 11.6 Å². The molecule has 2 N–H and O–H groups in total. The molecule has 1 atom stereocenters.